The Bertz CT molecular complexity index is 710. The summed E-state index contributed by atoms with van der Waals surface area (Å²) in [7, 11) is 1.66. The minimum absolute atomic E-state index is 0.701. The third kappa shape index (κ3) is 1.67. The number of aromatic amines is 1. The van der Waals surface area contributed by atoms with Crippen molar-refractivity contribution in [1.82, 2.24) is 9.55 Å². The van der Waals surface area contributed by atoms with Gasteiger partial charge in [0, 0.05) is 11.4 Å². The largest absolute Gasteiger partial charge is 0.497 e. The van der Waals surface area contributed by atoms with Gasteiger partial charge in [-0.3, -0.25) is 4.57 Å². The monoisotopic (exact) mass is 262 g/mol. The maximum absolute atomic E-state index is 5.35. The molecular formula is C12H10N2OS2. The molecule has 5 heteroatoms. The molecule has 0 unspecified atom stereocenters. The van der Waals surface area contributed by atoms with Crippen LogP contribution in [0, 0.1) is 4.77 Å². The average Bonchev–Trinajstić information content (AvgIpc) is 2.93. The first kappa shape index (κ1) is 10.6. The molecule has 2 aromatic heterocycles. The van der Waals surface area contributed by atoms with Crippen LogP contribution >= 0.6 is 23.6 Å². The number of ether oxygens (including phenoxy) is 1. The third-order valence-electron chi connectivity index (χ3n) is 2.65. The third-order valence-corrected chi connectivity index (χ3v) is 3.61. The standard InChI is InChI=1S/C12H10N2OS2/c1-15-9-2-3-11-10(6-9)13-12(16)14(11)8-4-5-17-7-8/h2-7H,1H3,(H,13,16). The number of nitrogens with one attached hydrogen (secondary N) is 1. The van der Waals surface area contributed by atoms with E-state index in [2.05, 4.69) is 16.4 Å². The van der Waals surface area contributed by atoms with Crippen molar-refractivity contribution in [3.05, 3.63) is 39.8 Å². The minimum atomic E-state index is 0.701. The molecule has 0 atom stereocenters. The molecular weight excluding hydrogens is 252 g/mol. The Balaban J connectivity index is 2.33. The second-order valence-electron chi connectivity index (χ2n) is 3.63. The molecule has 0 saturated heterocycles. The fourth-order valence-corrected chi connectivity index (χ4v) is 2.79. The molecule has 0 bridgehead atoms. The molecule has 0 spiro atoms. The van der Waals surface area contributed by atoms with Gasteiger partial charge in [0.05, 0.1) is 23.8 Å². The van der Waals surface area contributed by atoms with Gasteiger partial charge in [-0.05, 0) is 35.8 Å². The van der Waals surface area contributed by atoms with E-state index in [1.54, 1.807) is 18.4 Å². The van der Waals surface area contributed by atoms with E-state index in [1.165, 1.54) is 0 Å². The molecule has 3 aromatic rings. The van der Waals surface area contributed by atoms with Crippen molar-refractivity contribution in [1.29, 1.82) is 0 Å². The van der Waals surface area contributed by atoms with E-state index in [-0.39, 0.29) is 0 Å². The van der Waals surface area contributed by atoms with Gasteiger partial charge in [-0.1, -0.05) is 0 Å². The fourth-order valence-electron chi connectivity index (χ4n) is 1.86. The number of hydrogen-bond acceptors (Lipinski definition) is 3. The number of fused-ring (bicyclic) bond motifs is 1. The van der Waals surface area contributed by atoms with Crippen molar-refractivity contribution in [3.8, 4) is 11.4 Å². The minimum Gasteiger partial charge on any atom is -0.497 e. The summed E-state index contributed by atoms with van der Waals surface area (Å²) in [6.07, 6.45) is 0. The second kappa shape index (κ2) is 4.01. The highest BCUT2D eigenvalue weighted by Gasteiger charge is 2.07. The number of imidazole rings is 1. The number of rotatable bonds is 2. The molecule has 1 N–H and O–H groups in total. The van der Waals surface area contributed by atoms with Crippen molar-refractivity contribution in [2.75, 3.05) is 7.11 Å². The molecule has 3 rings (SSSR count). The van der Waals surface area contributed by atoms with Crippen molar-refractivity contribution in [2.45, 2.75) is 0 Å². The Morgan fingerprint density at radius 2 is 2.24 bits per heavy atom. The van der Waals surface area contributed by atoms with E-state index in [1.807, 2.05) is 28.1 Å². The second-order valence-corrected chi connectivity index (χ2v) is 4.80. The molecule has 0 aliphatic carbocycles. The Hall–Kier alpha value is -1.59. The lowest BCUT2D eigenvalue weighted by atomic mass is 10.3. The van der Waals surface area contributed by atoms with Crippen molar-refractivity contribution in [3.63, 3.8) is 0 Å². The van der Waals surface area contributed by atoms with E-state index < -0.39 is 0 Å². The van der Waals surface area contributed by atoms with Gasteiger partial charge in [0.25, 0.3) is 0 Å². The Morgan fingerprint density at radius 1 is 1.35 bits per heavy atom. The number of nitrogens with zero attached hydrogens (tertiary/aromatic N) is 1. The van der Waals surface area contributed by atoms with Crippen molar-refractivity contribution < 1.29 is 4.74 Å². The molecule has 0 radical (unpaired) electrons. The highest BCUT2D eigenvalue weighted by Crippen LogP contribution is 2.24. The summed E-state index contributed by atoms with van der Waals surface area (Å²) in [5.74, 6) is 0.825. The smallest absolute Gasteiger partial charge is 0.182 e. The maximum Gasteiger partial charge on any atom is 0.182 e. The van der Waals surface area contributed by atoms with Crippen LogP contribution < -0.4 is 4.74 Å². The maximum atomic E-state index is 5.35. The van der Waals surface area contributed by atoms with E-state index in [4.69, 9.17) is 17.0 Å². The van der Waals surface area contributed by atoms with Gasteiger partial charge in [-0.25, -0.2) is 0 Å². The predicted octanol–water partition coefficient (Wildman–Crippen LogP) is 3.76. The lowest BCUT2D eigenvalue weighted by Gasteiger charge is -2.02. The van der Waals surface area contributed by atoms with Crippen LogP contribution in [0.15, 0.2) is 35.0 Å². The highest BCUT2D eigenvalue weighted by molar-refractivity contribution is 7.71. The molecule has 0 aliphatic rings. The number of H-pyrrole nitrogens is 1. The first-order valence-electron chi connectivity index (χ1n) is 5.11. The van der Waals surface area contributed by atoms with E-state index in [9.17, 15) is 0 Å². The molecule has 1 aromatic carbocycles. The zero-order valence-electron chi connectivity index (χ0n) is 9.14. The summed E-state index contributed by atoms with van der Waals surface area (Å²) < 4.78 is 7.93. The van der Waals surface area contributed by atoms with Crippen LogP contribution in [0.3, 0.4) is 0 Å². The van der Waals surface area contributed by atoms with Crippen LogP contribution in [0.25, 0.3) is 16.7 Å². The fraction of sp³-hybridized carbons (Fsp3) is 0.0833. The van der Waals surface area contributed by atoms with Crippen LogP contribution in [0.2, 0.25) is 0 Å². The lowest BCUT2D eigenvalue weighted by molar-refractivity contribution is 0.415. The summed E-state index contributed by atoms with van der Waals surface area (Å²) in [6.45, 7) is 0. The quantitative estimate of drug-likeness (QED) is 0.713. The topological polar surface area (TPSA) is 29.9 Å². The number of methoxy groups -OCH3 is 1. The summed E-state index contributed by atoms with van der Waals surface area (Å²) in [6, 6.07) is 7.96. The number of hydrogen-bond donors (Lipinski definition) is 1. The molecule has 0 amide bonds. The van der Waals surface area contributed by atoms with Crippen LogP contribution in [0.1, 0.15) is 0 Å². The summed E-state index contributed by atoms with van der Waals surface area (Å²) in [4.78, 5) is 3.19. The van der Waals surface area contributed by atoms with Crippen LogP contribution in [0.4, 0.5) is 0 Å². The molecule has 0 saturated carbocycles. The number of thiophene rings is 1. The molecule has 86 valence electrons. The van der Waals surface area contributed by atoms with Gasteiger partial charge in [0.15, 0.2) is 4.77 Å². The SMILES string of the molecule is COc1ccc2c(c1)[nH]c(=S)n2-c1ccsc1. The first-order valence-corrected chi connectivity index (χ1v) is 6.46. The molecule has 0 fully saturated rings. The molecule has 2 heterocycles. The van der Waals surface area contributed by atoms with Gasteiger partial charge in [-0.15, -0.1) is 0 Å². The van der Waals surface area contributed by atoms with Gasteiger partial charge in [0.2, 0.25) is 0 Å². The van der Waals surface area contributed by atoms with Gasteiger partial charge >= 0.3 is 0 Å². The van der Waals surface area contributed by atoms with E-state index >= 15 is 0 Å². The Kier molecular flexibility index (Phi) is 2.49. The number of benzene rings is 1. The van der Waals surface area contributed by atoms with Crippen molar-refractivity contribution >= 4 is 34.6 Å². The van der Waals surface area contributed by atoms with Crippen molar-refractivity contribution in [2.24, 2.45) is 0 Å². The molecule has 0 aliphatic heterocycles. The zero-order valence-corrected chi connectivity index (χ0v) is 10.8. The lowest BCUT2D eigenvalue weighted by Crippen LogP contribution is -1.91. The summed E-state index contributed by atoms with van der Waals surface area (Å²) in [5, 5.41) is 4.12. The van der Waals surface area contributed by atoms with Crippen LogP contribution in [0.5, 0.6) is 5.75 Å². The van der Waals surface area contributed by atoms with E-state index in [0.717, 1.165) is 22.5 Å². The first-order chi connectivity index (χ1) is 8.29. The molecule has 3 nitrogen and oxygen atoms in total. The summed E-state index contributed by atoms with van der Waals surface area (Å²) >= 11 is 7.01. The zero-order chi connectivity index (χ0) is 11.8. The van der Waals surface area contributed by atoms with Crippen LogP contribution in [-0.4, -0.2) is 16.7 Å². The van der Waals surface area contributed by atoms with Gasteiger partial charge in [0.1, 0.15) is 5.75 Å². The van der Waals surface area contributed by atoms with Crippen LogP contribution in [-0.2, 0) is 0 Å². The van der Waals surface area contributed by atoms with Gasteiger partial charge in [-0.2, -0.15) is 11.3 Å². The predicted molar refractivity (Wildman–Crippen MR) is 72.9 cm³/mol. The molecule has 17 heavy (non-hydrogen) atoms. The highest BCUT2D eigenvalue weighted by atomic mass is 32.1. The average molecular weight is 262 g/mol. The van der Waals surface area contributed by atoms with E-state index in [0.29, 0.717) is 4.77 Å². The summed E-state index contributed by atoms with van der Waals surface area (Å²) in [5.41, 5.74) is 3.14. The Labute approximate surface area is 107 Å². The number of aromatic nitrogens is 2. The Morgan fingerprint density at radius 3 is 2.94 bits per heavy atom. The normalized spacial score (nSPS) is 10.9. The van der Waals surface area contributed by atoms with Gasteiger partial charge < -0.3 is 9.72 Å².